The molecule has 1 N–H and O–H groups in total. The predicted octanol–water partition coefficient (Wildman–Crippen LogP) is 0.656. The lowest BCUT2D eigenvalue weighted by Crippen LogP contribution is -2.47. The first kappa shape index (κ1) is 19.9. The minimum absolute atomic E-state index is 0.149. The van der Waals surface area contributed by atoms with Crippen molar-refractivity contribution < 1.29 is 14.3 Å². The molecule has 0 bridgehead atoms. The van der Waals surface area contributed by atoms with Crippen LogP contribution in [0.3, 0.4) is 0 Å². The maximum atomic E-state index is 12.1. The van der Waals surface area contributed by atoms with Crippen LogP contribution in [0.2, 0.25) is 0 Å². The lowest BCUT2D eigenvalue weighted by Gasteiger charge is -2.36. The molecule has 0 aliphatic carbocycles. The summed E-state index contributed by atoms with van der Waals surface area (Å²) >= 11 is 0. The van der Waals surface area contributed by atoms with E-state index in [-0.39, 0.29) is 5.91 Å². The summed E-state index contributed by atoms with van der Waals surface area (Å²) in [5, 5.41) is 3.04. The second-order valence-electron chi connectivity index (χ2n) is 7.05. The van der Waals surface area contributed by atoms with Gasteiger partial charge in [-0.05, 0) is 12.1 Å². The summed E-state index contributed by atoms with van der Waals surface area (Å²) in [5.74, 6) is 1.07. The van der Waals surface area contributed by atoms with Crippen LogP contribution >= 0.6 is 0 Å². The van der Waals surface area contributed by atoms with E-state index >= 15 is 0 Å². The fraction of sp³-hybridized carbons (Fsp3) is 0.650. The molecule has 2 saturated heterocycles. The number of piperazine rings is 1. The Balaban J connectivity index is 1.31. The van der Waals surface area contributed by atoms with Gasteiger partial charge in [-0.15, -0.1) is 0 Å². The van der Waals surface area contributed by atoms with Gasteiger partial charge in [0.05, 0.1) is 26.0 Å². The zero-order valence-electron chi connectivity index (χ0n) is 16.4. The molecule has 2 heterocycles. The number of para-hydroxylation sites is 2. The van der Waals surface area contributed by atoms with Gasteiger partial charge in [-0.25, -0.2) is 0 Å². The molecule has 7 nitrogen and oxygen atoms in total. The van der Waals surface area contributed by atoms with Crippen molar-refractivity contribution in [3.05, 3.63) is 24.3 Å². The molecule has 1 aromatic rings. The van der Waals surface area contributed by atoms with E-state index < -0.39 is 0 Å². The highest BCUT2D eigenvalue weighted by atomic mass is 16.5. The van der Waals surface area contributed by atoms with Crippen LogP contribution in [0.15, 0.2) is 24.3 Å². The summed E-state index contributed by atoms with van der Waals surface area (Å²) in [6.07, 6.45) is 0.567. The Labute approximate surface area is 162 Å². The average Bonchev–Trinajstić information content (AvgIpc) is 2.73. The van der Waals surface area contributed by atoms with E-state index in [0.717, 1.165) is 83.6 Å². The number of nitrogens with zero attached hydrogens (tertiary/aromatic N) is 3. The summed E-state index contributed by atoms with van der Waals surface area (Å²) in [4.78, 5) is 19.2. The quantitative estimate of drug-likeness (QED) is 0.719. The Morgan fingerprint density at radius 2 is 1.74 bits per heavy atom. The van der Waals surface area contributed by atoms with Gasteiger partial charge in [0, 0.05) is 65.3 Å². The molecule has 2 aliphatic heterocycles. The highest BCUT2D eigenvalue weighted by Crippen LogP contribution is 2.28. The number of carbonyl (C=O) groups excluding carboxylic acids is 1. The number of hydrogen-bond donors (Lipinski definition) is 1. The Morgan fingerprint density at radius 1 is 1.04 bits per heavy atom. The third-order valence-electron chi connectivity index (χ3n) is 5.31. The number of benzene rings is 1. The smallest absolute Gasteiger partial charge is 0.221 e. The van der Waals surface area contributed by atoms with Crippen LogP contribution in [0.5, 0.6) is 5.75 Å². The predicted molar refractivity (Wildman–Crippen MR) is 107 cm³/mol. The molecule has 3 rings (SSSR count). The summed E-state index contributed by atoms with van der Waals surface area (Å²) < 4.78 is 10.8. The van der Waals surface area contributed by atoms with Crippen molar-refractivity contribution in [2.24, 2.45) is 0 Å². The third kappa shape index (κ3) is 6.09. The molecule has 150 valence electrons. The maximum Gasteiger partial charge on any atom is 0.221 e. The van der Waals surface area contributed by atoms with Crippen LogP contribution < -0.4 is 15.0 Å². The lowest BCUT2D eigenvalue weighted by molar-refractivity contribution is -0.121. The van der Waals surface area contributed by atoms with E-state index in [0.29, 0.717) is 6.42 Å². The molecule has 0 saturated carbocycles. The molecule has 1 aromatic carbocycles. The fourth-order valence-electron chi connectivity index (χ4n) is 3.63. The fourth-order valence-corrected chi connectivity index (χ4v) is 3.63. The van der Waals surface area contributed by atoms with Gasteiger partial charge in [0.2, 0.25) is 5.91 Å². The molecular weight excluding hydrogens is 344 g/mol. The molecule has 2 aliphatic rings. The van der Waals surface area contributed by atoms with Gasteiger partial charge in [-0.3, -0.25) is 14.6 Å². The number of rotatable bonds is 8. The third-order valence-corrected chi connectivity index (χ3v) is 5.31. The van der Waals surface area contributed by atoms with Crippen molar-refractivity contribution in [3.8, 4) is 5.75 Å². The monoisotopic (exact) mass is 376 g/mol. The van der Waals surface area contributed by atoms with Gasteiger partial charge in [0.1, 0.15) is 5.75 Å². The maximum absolute atomic E-state index is 12.1. The van der Waals surface area contributed by atoms with Crippen molar-refractivity contribution in [1.82, 2.24) is 15.1 Å². The highest BCUT2D eigenvalue weighted by Gasteiger charge is 2.20. The molecule has 0 radical (unpaired) electrons. The van der Waals surface area contributed by atoms with E-state index in [1.807, 2.05) is 18.2 Å². The molecule has 7 heteroatoms. The van der Waals surface area contributed by atoms with Gasteiger partial charge in [0.25, 0.3) is 0 Å². The molecule has 2 fully saturated rings. The topological polar surface area (TPSA) is 57.3 Å². The Bertz CT molecular complexity index is 584. The van der Waals surface area contributed by atoms with Crippen LogP contribution in [0.1, 0.15) is 6.42 Å². The van der Waals surface area contributed by atoms with Crippen molar-refractivity contribution in [2.45, 2.75) is 6.42 Å². The SMILES string of the molecule is COc1ccccc1N1CCN(CCC(=O)NCCN2CCOCC2)CC1. The molecule has 27 heavy (non-hydrogen) atoms. The first-order valence-corrected chi connectivity index (χ1v) is 9.93. The van der Waals surface area contributed by atoms with Crippen LogP contribution in [0.25, 0.3) is 0 Å². The van der Waals surface area contributed by atoms with Gasteiger partial charge in [-0.2, -0.15) is 0 Å². The normalized spacial score (nSPS) is 19.1. The molecule has 0 unspecified atom stereocenters. The average molecular weight is 377 g/mol. The molecule has 0 atom stereocenters. The minimum atomic E-state index is 0.149. The lowest BCUT2D eigenvalue weighted by atomic mass is 10.2. The Hall–Kier alpha value is -1.83. The second kappa shape index (κ2) is 10.5. The number of nitrogens with one attached hydrogen (secondary N) is 1. The molecule has 0 spiro atoms. The van der Waals surface area contributed by atoms with Gasteiger partial charge in [0.15, 0.2) is 0 Å². The number of anilines is 1. The Morgan fingerprint density at radius 3 is 2.48 bits per heavy atom. The second-order valence-corrected chi connectivity index (χ2v) is 7.05. The summed E-state index contributed by atoms with van der Waals surface area (Å²) in [7, 11) is 1.72. The number of amides is 1. The van der Waals surface area contributed by atoms with Crippen molar-refractivity contribution in [1.29, 1.82) is 0 Å². The van der Waals surface area contributed by atoms with E-state index in [1.54, 1.807) is 7.11 Å². The highest BCUT2D eigenvalue weighted by molar-refractivity contribution is 5.76. The zero-order chi connectivity index (χ0) is 18.9. The van der Waals surface area contributed by atoms with Crippen LogP contribution in [0.4, 0.5) is 5.69 Å². The molecule has 0 aromatic heterocycles. The first-order chi connectivity index (χ1) is 13.3. The molecule has 1 amide bonds. The van der Waals surface area contributed by atoms with Crippen LogP contribution in [-0.2, 0) is 9.53 Å². The van der Waals surface area contributed by atoms with Crippen molar-refractivity contribution >= 4 is 11.6 Å². The first-order valence-electron chi connectivity index (χ1n) is 9.93. The van der Waals surface area contributed by atoms with Crippen LogP contribution in [0, 0.1) is 0 Å². The van der Waals surface area contributed by atoms with Gasteiger partial charge in [-0.1, -0.05) is 12.1 Å². The summed E-state index contributed by atoms with van der Waals surface area (Å²) in [6.45, 7) is 9.84. The number of hydrogen-bond acceptors (Lipinski definition) is 6. The van der Waals surface area contributed by atoms with E-state index in [1.165, 1.54) is 0 Å². The van der Waals surface area contributed by atoms with Gasteiger partial charge < -0.3 is 19.7 Å². The number of methoxy groups -OCH3 is 1. The van der Waals surface area contributed by atoms with Crippen molar-refractivity contribution in [3.63, 3.8) is 0 Å². The van der Waals surface area contributed by atoms with E-state index in [4.69, 9.17) is 9.47 Å². The standard InChI is InChI=1S/C20H32N4O3/c1-26-19-5-3-2-4-18(19)24-12-10-22(11-13-24)8-6-20(25)21-7-9-23-14-16-27-17-15-23/h2-5H,6-17H2,1H3,(H,21,25). The number of carbonyl (C=O) groups is 1. The minimum Gasteiger partial charge on any atom is -0.495 e. The Kier molecular flexibility index (Phi) is 7.74. The van der Waals surface area contributed by atoms with Crippen molar-refractivity contribution in [2.75, 3.05) is 84.1 Å². The molecular formula is C20H32N4O3. The van der Waals surface area contributed by atoms with E-state index in [2.05, 4.69) is 26.1 Å². The zero-order valence-corrected chi connectivity index (χ0v) is 16.4. The largest absolute Gasteiger partial charge is 0.495 e. The summed E-state index contributed by atoms with van der Waals surface area (Å²) in [6, 6.07) is 8.15. The van der Waals surface area contributed by atoms with E-state index in [9.17, 15) is 4.79 Å². The number of morpholine rings is 1. The van der Waals surface area contributed by atoms with Crippen LogP contribution in [-0.4, -0.2) is 94.9 Å². The summed E-state index contributed by atoms with van der Waals surface area (Å²) in [5.41, 5.74) is 1.15. The number of ether oxygens (including phenoxy) is 2. The van der Waals surface area contributed by atoms with Gasteiger partial charge >= 0.3 is 0 Å².